The number of hydrogen-bond donors (Lipinski definition) is 0. The lowest BCUT2D eigenvalue weighted by molar-refractivity contribution is -0.387. The van der Waals surface area contributed by atoms with Gasteiger partial charge in [0, 0.05) is 11.6 Å². The molecular formula is C10H10ClNO5S. The molecule has 0 saturated heterocycles. The number of nitro groups is 1. The monoisotopic (exact) mass is 291 g/mol. The second-order valence-electron chi connectivity index (χ2n) is 3.57. The van der Waals surface area contributed by atoms with Crippen LogP contribution in [0.5, 0.6) is 0 Å². The SMILES string of the molecule is CCS(=O)(=O)c1cc(C)c(C(=O)Cl)cc1[N+](=O)[O-]. The van der Waals surface area contributed by atoms with Crippen LogP contribution in [-0.4, -0.2) is 24.3 Å². The molecule has 0 saturated carbocycles. The smallest absolute Gasteiger partial charge is 0.276 e. The molecule has 0 heterocycles. The lowest BCUT2D eigenvalue weighted by Gasteiger charge is -2.07. The molecule has 0 spiro atoms. The molecule has 0 aliphatic carbocycles. The van der Waals surface area contributed by atoms with Crippen molar-refractivity contribution in [2.24, 2.45) is 0 Å². The first kappa shape index (κ1) is 14.6. The van der Waals surface area contributed by atoms with E-state index in [-0.39, 0.29) is 16.9 Å². The van der Waals surface area contributed by atoms with Crippen LogP contribution in [0.2, 0.25) is 0 Å². The van der Waals surface area contributed by atoms with Crippen LogP contribution in [0.25, 0.3) is 0 Å². The maximum absolute atomic E-state index is 11.7. The van der Waals surface area contributed by atoms with Gasteiger partial charge in [-0.05, 0) is 30.2 Å². The third-order valence-corrected chi connectivity index (χ3v) is 4.39. The number of sulfone groups is 1. The van der Waals surface area contributed by atoms with Crippen LogP contribution in [0.15, 0.2) is 17.0 Å². The summed E-state index contributed by atoms with van der Waals surface area (Å²) in [6.07, 6.45) is 0. The van der Waals surface area contributed by atoms with Crippen LogP contribution in [0, 0.1) is 17.0 Å². The van der Waals surface area contributed by atoms with Crippen LogP contribution in [0.3, 0.4) is 0 Å². The van der Waals surface area contributed by atoms with Gasteiger partial charge in [0.2, 0.25) is 0 Å². The Kier molecular flexibility index (Phi) is 4.08. The number of rotatable bonds is 4. The number of halogens is 1. The van der Waals surface area contributed by atoms with E-state index in [2.05, 4.69) is 0 Å². The fourth-order valence-corrected chi connectivity index (χ4v) is 2.75. The molecule has 1 rings (SSSR count). The molecule has 0 radical (unpaired) electrons. The standard InChI is InChI=1S/C10H10ClNO5S/c1-3-18(16,17)9-4-6(2)7(10(11)13)5-8(9)12(14)15/h4-5H,3H2,1-2H3. The molecular weight excluding hydrogens is 282 g/mol. The van der Waals surface area contributed by atoms with Gasteiger partial charge in [-0.2, -0.15) is 0 Å². The highest BCUT2D eigenvalue weighted by atomic mass is 35.5. The van der Waals surface area contributed by atoms with Gasteiger partial charge in [-0.25, -0.2) is 8.42 Å². The van der Waals surface area contributed by atoms with E-state index in [1.807, 2.05) is 0 Å². The summed E-state index contributed by atoms with van der Waals surface area (Å²) in [6, 6.07) is 2.00. The number of nitro benzene ring substituents is 1. The highest BCUT2D eigenvalue weighted by molar-refractivity contribution is 7.91. The van der Waals surface area contributed by atoms with Gasteiger partial charge in [0.05, 0.1) is 10.7 Å². The van der Waals surface area contributed by atoms with E-state index >= 15 is 0 Å². The zero-order valence-corrected chi connectivity index (χ0v) is 11.2. The molecule has 0 aliphatic heterocycles. The van der Waals surface area contributed by atoms with Crippen molar-refractivity contribution < 1.29 is 18.1 Å². The van der Waals surface area contributed by atoms with Crippen molar-refractivity contribution in [1.82, 2.24) is 0 Å². The Morgan fingerprint density at radius 1 is 1.44 bits per heavy atom. The molecule has 98 valence electrons. The number of carbonyl (C=O) groups excluding carboxylic acids is 1. The largest absolute Gasteiger partial charge is 0.288 e. The van der Waals surface area contributed by atoms with Gasteiger partial charge < -0.3 is 0 Å². The summed E-state index contributed by atoms with van der Waals surface area (Å²) in [4.78, 5) is 20.7. The van der Waals surface area contributed by atoms with Crippen LogP contribution in [0.4, 0.5) is 5.69 Å². The van der Waals surface area contributed by atoms with Gasteiger partial charge in [0.1, 0.15) is 4.90 Å². The minimum atomic E-state index is -3.73. The first-order chi connectivity index (χ1) is 8.20. The summed E-state index contributed by atoms with van der Waals surface area (Å²) in [6.45, 7) is 2.85. The minimum absolute atomic E-state index is 0.0709. The highest BCUT2D eigenvalue weighted by Gasteiger charge is 2.27. The Balaban J connectivity index is 3.69. The quantitative estimate of drug-likeness (QED) is 0.481. The van der Waals surface area contributed by atoms with Crippen molar-refractivity contribution >= 4 is 32.4 Å². The molecule has 0 amide bonds. The Labute approximate surface area is 109 Å². The average molecular weight is 292 g/mol. The topological polar surface area (TPSA) is 94.3 Å². The van der Waals surface area contributed by atoms with Crippen LogP contribution in [-0.2, 0) is 9.84 Å². The second kappa shape index (κ2) is 5.03. The van der Waals surface area contributed by atoms with Gasteiger partial charge in [0.15, 0.2) is 9.84 Å². The summed E-state index contributed by atoms with van der Waals surface area (Å²) < 4.78 is 23.5. The van der Waals surface area contributed by atoms with E-state index < -0.39 is 30.6 Å². The van der Waals surface area contributed by atoms with Gasteiger partial charge >= 0.3 is 0 Å². The molecule has 0 fully saturated rings. The summed E-state index contributed by atoms with van der Waals surface area (Å²) in [5.74, 6) is -0.262. The maximum atomic E-state index is 11.7. The molecule has 1 aromatic carbocycles. The van der Waals surface area contributed by atoms with E-state index in [1.54, 1.807) is 0 Å². The molecule has 8 heteroatoms. The molecule has 0 bridgehead atoms. The fraction of sp³-hybridized carbons (Fsp3) is 0.300. The van der Waals surface area contributed by atoms with Crippen LogP contribution >= 0.6 is 11.6 Å². The number of carbonyl (C=O) groups is 1. The number of hydrogen-bond acceptors (Lipinski definition) is 5. The Morgan fingerprint density at radius 2 is 2.00 bits per heavy atom. The zero-order valence-electron chi connectivity index (χ0n) is 9.64. The number of nitrogens with zero attached hydrogens (tertiary/aromatic N) is 1. The van der Waals surface area contributed by atoms with Crippen molar-refractivity contribution in [1.29, 1.82) is 0 Å². The number of aryl methyl sites for hydroxylation is 1. The third-order valence-electron chi connectivity index (χ3n) is 2.43. The Bertz CT molecular complexity index is 623. The van der Waals surface area contributed by atoms with Crippen LogP contribution < -0.4 is 0 Å². The van der Waals surface area contributed by atoms with Crippen molar-refractivity contribution in [3.63, 3.8) is 0 Å². The van der Waals surface area contributed by atoms with Gasteiger partial charge in [0.25, 0.3) is 10.9 Å². The second-order valence-corrected chi connectivity index (χ2v) is 6.16. The normalized spacial score (nSPS) is 11.3. The molecule has 0 atom stereocenters. The maximum Gasteiger partial charge on any atom is 0.288 e. The van der Waals surface area contributed by atoms with Crippen molar-refractivity contribution in [3.05, 3.63) is 33.4 Å². The molecule has 0 unspecified atom stereocenters. The summed E-state index contributed by atoms with van der Waals surface area (Å²) >= 11 is 5.27. The van der Waals surface area contributed by atoms with E-state index in [0.717, 1.165) is 12.1 Å². The molecule has 0 aromatic heterocycles. The van der Waals surface area contributed by atoms with E-state index in [4.69, 9.17) is 11.6 Å². The van der Waals surface area contributed by atoms with E-state index in [9.17, 15) is 23.3 Å². The van der Waals surface area contributed by atoms with Gasteiger partial charge in [-0.15, -0.1) is 0 Å². The van der Waals surface area contributed by atoms with Crippen molar-refractivity contribution in [3.8, 4) is 0 Å². The lowest BCUT2D eigenvalue weighted by Crippen LogP contribution is -2.09. The zero-order chi connectivity index (χ0) is 14.1. The molecule has 0 aliphatic rings. The first-order valence-electron chi connectivity index (χ1n) is 4.92. The first-order valence-corrected chi connectivity index (χ1v) is 6.95. The van der Waals surface area contributed by atoms with Crippen molar-refractivity contribution in [2.75, 3.05) is 5.75 Å². The summed E-state index contributed by atoms with van der Waals surface area (Å²) in [5.41, 5.74) is -0.419. The predicted octanol–water partition coefficient (Wildman–Crippen LogP) is 2.08. The van der Waals surface area contributed by atoms with Gasteiger partial charge in [-0.1, -0.05) is 6.92 Å². The average Bonchev–Trinajstić information content (AvgIpc) is 2.27. The predicted molar refractivity (Wildman–Crippen MR) is 65.7 cm³/mol. The fourth-order valence-electron chi connectivity index (χ4n) is 1.43. The molecule has 18 heavy (non-hydrogen) atoms. The Morgan fingerprint density at radius 3 is 2.39 bits per heavy atom. The lowest BCUT2D eigenvalue weighted by atomic mass is 10.1. The summed E-state index contributed by atoms with van der Waals surface area (Å²) in [5, 5.41) is 9.99. The molecule has 6 nitrogen and oxygen atoms in total. The minimum Gasteiger partial charge on any atom is -0.276 e. The van der Waals surface area contributed by atoms with Gasteiger partial charge in [-0.3, -0.25) is 14.9 Å². The van der Waals surface area contributed by atoms with Crippen LogP contribution in [0.1, 0.15) is 22.8 Å². The number of benzene rings is 1. The van der Waals surface area contributed by atoms with E-state index in [1.165, 1.54) is 13.8 Å². The van der Waals surface area contributed by atoms with Crippen molar-refractivity contribution in [2.45, 2.75) is 18.7 Å². The Hall–Kier alpha value is -1.47. The molecule has 1 aromatic rings. The third kappa shape index (κ3) is 2.68. The summed E-state index contributed by atoms with van der Waals surface area (Å²) in [7, 11) is -3.73. The van der Waals surface area contributed by atoms with E-state index in [0.29, 0.717) is 0 Å². The highest BCUT2D eigenvalue weighted by Crippen LogP contribution is 2.29. The molecule has 0 N–H and O–H groups in total.